The van der Waals surface area contributed by atoms with Crippen molar-refractivity contribution in [1.82, 2.24) is 4.90 Å². The van der Waals surface area contributed by atoms with E-state index in [-0.39, 0.29) is 22.6 Å². The van der Waals surface area contributed by atoms with Crippen molar-refractivity contribution in [2.45, 2.75) is 63.9 Å². The molecule has 0 aliphatic rings. The van der Waals surface area contributed by atoms with Crippen molar-refractivity contribution in [2.24, 2.45) is 0 Å². The summed E-state index contributed by atoms with van der Waals surface area (Å²) in [6, 6.07) is 11.2. The summed E-state index contributed by atoms with van der Waals surface area (Å²) in [6.07, 6.45) is 3.11. The molecule has 1 amide bonds. The van der Waals surface area contributed by atoms with Crippen LogP contribution < -0.4 is 4.18 Å². The standard InChI is InChI=1S/C22H28FNO4S/c1-4-6-10-22(25)24(17(3)5-2)16-18-8-7-9-20(15-18)28-29(26,27)21-13-11-19(23)12-14-21/h7-9,11-15,17H,4-6,10,16H2,1-3H3. The molecule has 0 N–H and O–H groups in total. The number of amides is 1. The molecule has 0 aromatic heterocycles. The van der Waals surface area contributed by atoms with Crippen LogP contribution in [0.15, 0.2) is 53.4 Å². The molecule has 0 aliphatic carbocycles. The minimum atomic E-state index is -4.07. The molecule has 0 spiro atoms. The van der Waals surface area contributed by atoms with Crippen LogP contribution in [0.25, 0.3) is 0 Å². The summed E-state index contributed by atoms with van der Waals surface area (Å²) in [5.74, 6) is -0.285. The molecular formula is C22H28FNO4S. The van der Waals surface area contributed by atoms with E-state index in [1.54, 1.807) is 12.1 Å². The van der Waals surface area contributed by atoms with Crippen LogP contribution in [-0.4, -0.2) is 25.3 Å². The monoisotopic (exact) mass is 421 g/mol. The summed E-state index contributed by atoms with van der Waals surface area (Å²) in [7, 11) is -4.07. The summed E-state index contributed by atoms with van der Waals surface area (Å²) in [4.78, 5) is 14.3. The van der Waals surface area contributed by atoms with Crippen LogP contribution in [0.5, 0.6) is 5.75 Å². The lowest BCUT2D eigenvalue weighted by atomic mass is 10.1. The first-order valence-corrected chi connectivity index (χ1v) is 11.3. The fraction of sp³-hybridized carbons (Fsp3) is 0.409. The molecule has 1 atom stereocenters. The van der Waals surface area contributed by atoms with Crippen molar-refractivity contribution in [3.8, 4) is 5.75 Å². The van der Waals surface area contributed by atoms with Crippen LogP contribution in [0.1, 0.15) is 52.0 Å². The Morgan fingerprint density at radius 1 is 1.14 bits per heavy atom. The number of nitrogens with zero attached hydrogens (tertiary/aromatic N) is 1. The number of halogens is 1. The maximum Gasteiger partial charge on any atom is 0.339 e. The third-order valence-corrected chi connectivity index (χ3v) is 6.01. The predicted octanol–water partition coefficient (Wildman–Crippen LogP) is 4.91. The zero-order chi connectivity index (χ0) is 21.4. The Bertz CT molecular complexity index is 913. The quantitative estimate of drug-likeness (QED) is 0.511. The SMILES string of the molecule is CCCCC(=O)N(Cc1cccc(OS(=O)(=O)c2ccc(F)cc2)c1)C(C)CC. The van der Waals surface area contributed by atoms with Gasteiger partial charge in [-0.3, -0.25) is 4.79 Å². The first-order chi connectivity index (χ1) is 13.8. The van der Waals surface area contributed by atoms with E-state index < -0.39 is 15.9 Å². The van der Waals surface area contributed by atoms with Gasteiger partial charge in [-0.05, 0) is 61.7 Å². The van der Waals surface area contributed by atoms with Crippen LogP contribution in [0.4, 0.5) is 4.39 Å². The number of carbonyl (C=O) groups is 1. The van der Waals surface area contributed by atoms with Crippen molar-refractivity contribution < 1.29 is 21.8 Å². The van der Waals surface area contributed by atoms with Gasteiger partial charge in [0.2, 0.25) is 5.91 Å². The number of unbranched alkanes of at least 4 members (excludes halogenated alkanes) is 1. The molecule has 158 valence electrons. The van der Waals surface area contributed by atoms with Gasteiger partial charge in [-0.2, -0.15) is 8.42 Å². The largest absolute Gasteiger partial charge is 0.379 e. The molecule has 0 saturated heterocycles. The molecule has 0 heterocycles. The van der Waals surface area contributed by atoms with Crippen molar-refractivity contribution in [3.63, 3.8) is 0 Å². The topological polar surface area (TPSA) is 63.7 Å². The maximum atomic E-state index is 13.0. The minimum Gasteiger partial charge on any atom is -0.379 e. The summed E-state index contributed by atoms with van der Waals surface area (Å²) in [5, 5.41) is 0. The average molecular weight is 422 g/mol. The highest BCUT2D eigenvalue weighted by Gasteiger charge is 2.20. The van der Waals surface area contributed by atoms with Crippen LogP contribution >= 0.6 is 0 Å². The first-order valence-electron chi connectivity index (χ1n) is 9.85. The molecule has 0 aliphatic heterocycles. The van der Waals surface area contributed by atoms with Gasteiger partial charge in [0.25, 0.3) is 0 Å². The Hall–Kier alpha value is -2.41. The van der Waals surface area contributed by atoms with Crippen molar-refractivity contribution in [3.05, 3.63) is 59.9 Å². The van der Waals surface area contributed by atoms with Crippen LogP contribution in [0.3, 0.4) is 0 Å². The molecule has 5 nitrogen and oxygen atoms in total. The van der Waals surface area contributed by atoms with E-state index in [1.165, 1.54) is 6.07 Å². The fourth-order valence-electron chi connectivity index (χ4n) is 2.85. The Labute approximate surface area is 172 Å². The van der Waals surface area contributed by atoms with Gasteiger partial charge < -0.3 is 9.08 Å². The number of rotatable bonds is 10. The van der Waals surface area contributed by atoms with Gasteiger partial charge >= 0.3 is 10.1 Å². The molecular weight excluding hydrogens is 393 g/mol. The van der Waals surface area contributed by atoms with Gasteiger partial charge in [-0.1, -0.05) is 32.4 Å². The van der Waals surface area contributed by atoms with E-state index in [4.69, 9.17) is 4.18 Å². The van der Waals surface area contributed by atoms with E-state index in [1.807, 2.05) is 31.7 Å². The van der Waals surface area contributed by atoms with Crippen molar-refractivity contribution >= 4 is 16.0 Å². The number of hydrogen-bond acceptors (Lipinski definition) is 4. The fourth-order valence-corrected chi connectivity index (χ4v) is 3.77. The summed E-state index contributed by atoms with van der Waals surface area (Å²) in [6.45, 7) is 6.46. The lowest BCUT2D eigenvalue weighted by Crippen LogP contribution is -2.37. The normalized spacial score (nSPS) is 12.4. The Kier molecular flexibility index (Phi) is 8.20. The highest BCUT2D eigenvalue weighted by Crippen LogP contribution is 2.22. The average Bonchev–Trinajstić information content (AvgIpc) is 2.70. The van der Waals surface area contributed by atoms with Crippen molar-refractivity contribution in [1.29, 1.82) is 0 Å². The second-order valence-corrected chi connectivity index (χ2v) is 8.57. The zero-order valence-electron chi connectivity index (χ0n) is 17.1. The van der Waals surface area contributed by atoms with Gasteiger partial charge in [0.15, 0.2) is 0 Å². The molecule has 2 rings (SSSR count). The predicted molar refractivity (Wildman–Crippen MR) is 110 cm³/mol. The van der Waals surface area contributed by atoms with Gasteiger partial charge in [0.05, 0.1) is 0 Å². The van der Waals surface area contributed by atoms with Crippen LogP contribution in [-0.2, 0) is 21.5 Å². The number of carbonyl (C=O) groups excluding carboxylic acids is 1. The van der Waals surface area contributed by atoms with E-state index in [9.17, 15) is 17.6 Å². The third-order valence-electron chi connectivity index (χ3n) is 4.75. The Morgan fingerprint density at radius 3 is 2.45 bits per heavy atom. The zero-order valence-corrected chi connectivity index (χ0v) is 17.9. The van der Waals surface area contributed by atoms with E-state index in [0.717, 1.165) is 49.1 Å². The lowest BCUT2D eigenvalue weighted by Gasteiger charge is -2.29. The number of benzene rings is 2. The van der Waals surface area contributed by atoms with E-state index in [0.29, 0.717) is 13.0 Å². The second-order valence-electron chi connectivity index (χ2n) is 7.02. The molecule has 0 bridgehead atoms. The molecule has 29 heavy (non-hydrogen) atoms. The Morgan fingerprint density at radius 2 is 1.83 bits per heavy atom. The highest BCUT2D eigenvalue weighted by molar-refractivity contribution is 7.87. The van der Waals surface area contributed by atoms with E-state index >= 15 is 0 Å². The molecule has 1 unspecified atom stereocenters. The van der Waals surface area contributed by atoms with Gasteiger partial charge in [-0.25, -0.2) is 4.39 Å². The Balaban J connectivity index is 2.18. The highest BCUT2D eigenvalue weighted by atomic mass is 32.2. The van der Waals surface area contributed by atoms with E-state index in [2.05, 4.69) is 0 Å². The van der Waals surface area contributed by atoms with Crippen molar-refractivity contribution in [2.75, 3.05) is 0 Å². The summed E-state index contributed by atoms with van der Waals surface area (Å²) < 4.78 is 43.1. The second kappa shape index (κ2) is 10.4. The van der Waals surface area contributed by atoms with Gasteiger partial charge in [0.1, 0.15) is 16.5 Å². The molecule has 0 saturated carbocycles. The van der Waals surface area contributed by atoms with Gasteiger partial charge in [0, 0.05) is 19.0 Å². The maximum absolute atomic E-state index is 13.0. The van der Waals surface area contributed by atoms with Gasteiger partial charge in [-0.15, -0.1) is 0 Å². The van der Waals surface area contributed by atoms with Crippen LogP contribution in [0.2, 0.25) is 0 Å². The molecule has 7 heteroatoms. The molecule has 0 radical (unpaired) electrons. The molecule has 2 aromatic carbocycles. The number of hydrogen-bond donors (Lipinski definition) is 0. The minimum absolute atomic E-state index is 0.0758. The van der Waals surface area contributed by atoms with Crippen LogP contribution in [0, 0.1) is 5.82 Å². The molecule has 0 fully saturated rings. The smallest absolute Gasteiger partial charge is 0.339 e. The lowest BCUT2D eigenvalue weighted by molar-refractivity contribution is -0.134. The summed E-state index contributed by atoms with van der Waals surface area (Å²) >= 11 is 0. The summed E-state index contributed by atoms with van der Waals surface area (Å²) in [5.41, 5.74) is 0.780. The third kappa shape index (κ3) is 6.56. The first kappa shape index (κ1) is 22.9. The molecule has 2 aromatic rings.